The third kappa shape index (κ3) is 6.05. The van der Waals surface area contributed by atoms with E-state index in [1.807, 2.05) is 16.9 Å². The van der Waals surface area contributed by atoms with Crippen molar-refractivity contribution in [3.8, 4) is 0 Å². The molecule has 0 aliphatic rings. The third-order valence-electron chi connectivity index (χ3n) is 3.10. The van der Waals surface area contributed by atoms with Crippen LogP contribution < -0.4 is 10.6 Å². The van der Waals surface area contributed by atoms with Crippen molar-refractivity contribution < 1.29 is 0 Å². The smallest absolute Gasteiger partial charge is 0.166 e. The van der Waals surface area contributed by atoms with Gasteiger partial charge in [-0.1, -0.05) is 34.1 Å². The lowest BCUT2D eigenvalue weighted by Crippen LogP contribution is -2.50. The molecule has 0 spiro atoms. The van der Waals surface area contributed by atoms with Crippen LogP contribution in [-0.2, 0) is 6.54 Å². The SMILES string of the molecule is CCCCNC(=S)NC(Cn1cccn1)C(C)(C)C. The number of nitrogens with one attached hydrogen (secondary N) is 2. The number of hydrogen-bond donors (Lipinski definition) is 2. The van der Waals surface area contributed by atoms with Gasteiger partial charge in [0, 0.05) is 18.9 Å². The van der Waals surface area contributed by atoms with E-state index < -0.39 is 0 Å². The number of unbranched alkanes of at least 4 members (excludes halogenated alkanes) is 1. The average Bonchev–Trinajstić information content (AvgIpc) is 2.80. The second-order valence-corrected chi connectivity index (χ2v) is 6.31. The molecule has 5 heteroatoms. The second-order valence-electron chi connectivity index (χ2n) is 5.90. The molecule has 1 rings (SSSR count). The van der Waals surface area contributed by atoms with Crippen LogP contribution in [0.4, 0.5) is 0 Å². The van der Waals surface area contributed by atoms with E-state index in [-0.39, 0.29) is 11.5 Å². The summed E-state index contributed by atoms with van der Waals surface area (Å²) in [5.74, 6) is 0. The number of aromatic nitrogens is 2. The highest BCUT2D eigenvalue weighted by molar-refractivity contribution is 7.80. The quantitative estimate of drug-likeness (QED) is 0.621. The van der Waals surface area contributed by atoms with E-state index >= 15 is 0 Å². The number of thiocarbonyl (C=S) groups is 1. The molecule has 1 aromatic heterocycles. The summed E-state index contributed by atoms with van der Waals surface area (Å²) in [7, 11) is 0. The van der Waals surface area contributed by atoms with Gasteiger partial charge in [-0.2, -0.15) is 5.10 Å². The lowest BCUT2D eigenvalue weighted by Gasteiger charge is -2.32. The minimum atomic E-state index is 0.114. The molecule has 0 aliphatic carbocycles. The first-order chi connectivity index (χ1) is 8.93. The first kappa shape index (κ1) is 16.0. The van der Waals surface area contributed by atoms with Crippen molar-refractivity contribution in [1.82, 2.24) is 20.4 Å². The lowest BCUT2D eigenvalue weighted by atomic mass is 9.87. The molecule has 4 nitrogen and oxygen atoms in total. The first-order valence-electron chi connectivity index (χ1n) is 6.95. The van der Waals surface area contributed by atoms with Crippen molar-refractivity contribution in [3.63, 3.8) is 0 Å². The van der Waals surface area contributed by atoms with Crippen LogP contribution in [0.2, 0.25) is 0 Å². The van der Waals surface area contributed by atoms with Gasteiger partial charge >= 0.3 is 0 Å². The topological polar surface area (TPSA) is 41.9 Å². The van der Waals surface area contributed by atoms with Gasteiger partial charge in [-0.25, -0.2) is 0 Å². The number of nitrogens with zero attached hydrogens (tertiary/aromatic N) is 2. The fraction of sp³-hybridized carbons (Fsp3) is 0.714. The largest absolute Gasteiger partial charge is 0.363 e. The Hall–Kier alpha value is -1.10. The Morgan fingerprint density at radius 3 is 2.68 bits per heavy atom. The summed E-state index contributed by atoms with van der Waals surface area (Å²) in [4.78, 5) is 0. The zero-order chi connectivity index (χ0) is 14.3. The number of rotatable bonds is 6. The van der Waals surface area contributed by atoms with Gasteiger partial charge in [0.2, 0.25) is 0 Å². The van der Waals surface area contributed by atoms with Crippen molar-refractivity contribution in [2.75, 3.05) is 6.54 Å². The summed E-state index contributed by atoms with van der Waals surface area (Å²) in [5, 5.41) is 11.7. The van der Waals surface area contributed by atoms with Gasteiger partial charge in [-0.05, 0) is 30.1 Å². The summed E-state index contributed by atoms with van der Waals surface area (Å²) in [5.41, 5.74) is 0.114. The molecule has 0 amide bonds. The van der Waals surface area contributed by atoms with Gasteiger partial charge in [0.05, 0.1) is 12.6 Å². The van der Waals surface area contributed by atoms with Crippen LogP contribution in [0.1, 0.15) is 40.5 Å². The van der Waals surface area contributed by atoms with Crippen molar-refractivity contribution in [1.29, 1.82) is 0 Å². The summed E-state index contributed by atoms with van der Waals surface area (Å²) in [6.07, 6.45) is 6.10. The maximum Gasteiger partial charge on any atom is 0.166 e. The Bertz CT molecular complexity index is 367. The molecule has 2 N–H and O–H groups in total. The predicted octanol–water partition coefficient (Wildman–Crippen LogP) is 2.56. The molecule has 0 aromatic carbocycles. The molecule has 1 heterocycles. The minimum absolute atomic E-state index is 0.114. The summed E-state index contributed by atoms with van der Waals surface area (Å²) >= 11 is 5.36. The van der Waals surface area contributed by atoms with Crippen LogP contribution in [-0.4, -0.2) is 27.5 Å². The molecule has 108 valence electrons. The van der Waals surface area contributed by atoms with Crippen LogP contribution >= 0.6 is 12.2 Å². The molecular weight excluding hydrogens is 256 g/mol. The van der Waals surface area contributed by atoms with Gasteiger partial charge in [-0.3, -0.25) is 4.68 Å². The molecular formula is C14H26N4S. The van der Waals surface area contributed by atoms with E-state index in [9.17, 15) is 0 Å². The van der Waals surface area contributed by atoms with Gasteiger partial charge in [-0.15, -0.1) is 0 Å². The zero-order valence-corrected chi connectivity index (χ0v) is 13.3. The van der Waals surface area contributed by atoms with Crippen molar-refractivity contribution in [3.05, 3.63) is 18.5 Å². The number of hydrogen-bond acceptors (Lipinski definition) is 2. The van der Waals surface area contributed by atoms with Gasteiger partial charge in [0.25, 0.3) is 0 Å². The maximum absolute atomic E-state index is 5.36. The minimum Gasteiger partial charge on any atom is -0.363 e. The Balaban J connectivity index is 2.53. The summed E-state index contributed by atoms with van der Waals surface area (Å²) in [6, 6.07) is 2.19. The highest BCUT2D eigenvalue weighted by Crippen LogP contribution is 2.20. The highest BCUT2D eigenvalue weighted by Gasteiger charge is 2.25. The molecule has 1 aromatic rings. The van der Waals surface area contributed by atoms with Crippen LogP contribution in [0.15, 0.2) is 18.5 Å². The first-order valence-corrected chi connectivity index (χ1v) is 7.36. The van der Waals surface area contributed by atoms with Crippen molar-refractivity contribution in [2.24, 2.45) is 5.41 Å². The van der Waals surface area contributed by atoms with E-state index in [4.69, 9.17) is 12.2 Å². The summed E-state index contributed by atoms with van der Waals surface area (Å²) < 4.78 is 1.94. The molecule has 19 heavy (non-hydrogen) atoms. The van der Waals surface area contributed by atoms with Gasteiger partial charge in [0.15, 0.2) is 5.11 Å². The second kappa shape index (κ2) is 7.48. The van der Waals surface area contributed by atoms with Crippen LogP contribution in [0.3, 0.4) is 0 Å². The lowest BCUT2D eigenvalue weighted by molar-refractivity contribution is 0.260. The van der Waals surface area contributed by atoms with E-state index in [1.54, 1.807) is 6.20 Å². The Morgan fingerprint density at radius 2 is 2.16 bits per heavy atom. The Morgan fingerprint density at radius 1 is 1.42 bits per heavy atom. The van der Waals surface area contributed by atoms with Gasteiger partial charge in [0.1, 0.15) is 0 Å². The normalized spacial score (nSPS) is 13.1. The Labute approximate surface area is 122 Å². The molecule has 0 saturated carbocycles. The molecule has 1 atom stereocenters. The van der Waals surface area contributed by atoms with Crippen molar-refractivity contribution in [2.45, 2.75) is 53.1 Å². The van der Waals surface area contributed by atoms with E-state index in [0.29, 0.717) is 0 Å². The molecule has 0 aliphatic heterocycles. The standard InChI is InChI=1S/C14H26N4S/c1-5-6-8-15-13(19)17-12(14(2,3)4)11-18-10-7-9-16-18/h7,9-10,12H,5-6,8,11H2,1-4H3,(H2,15,17,19). The molecule has 0 bridgehead atoms. The van der Waals surface area contributed by atoms with E-state index in [0.717, 1.165) is 24.6 Å². The van der Waals surface area contributed by atoms with Crippen LogP contribution in [0, 0.1) is 5.41 Å². The fourth-order valence-electron chi connectivity index (χ4n) is 1.72. The van der Waals surface area contributed by atoms with Crippen LogP contribution in [0.5, 0.6) is 0 Å². The molecule has 1 unspecified atom stereocenters. The monoisotopic (exact) mass is 282 g/mol. The zero-order valence-electron chi connectivity index (χ0n) is 12.4. The third-order valence-corrected chi connectivity index (χ3v) is 3.36. The predicted molar refractivity (Wildman–Crippen MR) is 84.1 cm³/mol. The average molecular weight is 282 g/mol. The molecule has 0 saturated heterocycles. The highest BCUT2D eigenvalue weighted by atomic mass is 32.1. The van der Waals surface area contributed by atoms with Crippen LogP contribution in [0.25, 0.3) is 0 Å². The fourth-order valence-corrected chi connectivity index (χ4v) is 1.96. The molecule has 0 radical (unpaired) electrons. The van der Waals surface area contributed by atoms with Crippen molar-refractivity contribution >= 4 is 17.3 Å². The molecule has 0 fully saturated rings. The maximum atomic E-state index is 5.36. The van der Waals surface area contributed by atoms with Gasteiger partial charge < -0.3 is 10.6 Å². The Kier molecular flexibility index (Phi) is 6.28. The van der Waals surface area contributed by atoms with E-state index in [2.05, 4.69) is 43.4 Å². The van der Waals surface area contributed by atoms with E-state index in [1.165, 1.54) is 6.42 Å². The summed E-state index contributed by atoms with van der Waals surface area (Å²) in [6.45, 7) is 10.6.